The quantitative estimate of drug-likeness (QED) is 0.732. The second-order valence-corrected chi connectivity index (χ2v) is 4.74. The Morgan fingerprint density at radius 1 is 1.24 bits per heavy atom. The third kappa shape index (κ3) is 2.67. The number of nitrogens with one attached hydrogen (secondary N) is 1. The fraction of sp³-hybridized carbons (Fsp3) is 0.188. The molecule has 1 aromatic carbocycles. The molecular weight excluding hydrogens is 271 g/mol. The van der Waals surface area contributed by atoms with Gasteiger partial charge in [-0.1, -0.05) is 18.2 Å². The minimum atomic E-state index is -0.515. The van der Waals surface area contributed by atoms with Crippen LogP contribution < -0.4 is 10.1 Å². The summed E-state index contributed by atoms with van der Waals surface area (Å²) in [5.41, 5.74) is 0.704. The highest BCUT2D eigenvalue weighted by Gasteiger charge is 2.14. The van der Waals surface area contributed by atoms with E-state index in [2.05, 4.69) is 10.3 Å². The van der Waals surface area contributed by atoms with Crippen molar-refractivity contribution in [1.82, 2.24) is 4.98 Å². The predicted molar refractivity (Wildman–Crippen MR) is 79.0 cm³/mol. The molecule has 1 unspecified atom stereocenters. The number of methoxy groups -OCH3 is 1. The van der Waals surface area contributed by atoms with Crippen molar-refractivity contribution in [2.45, 2.75) is 13.0 Å². The first-order valence-corrected chi connectivity index (χ1v) is 6.63. The van der Waals surface area contributed by atoms with E-state index in [-0.39, 0.29) is 6.04 Å². The molecule has 21 heavy (non-hydrogen) atoms. The van der Waals surface area contributed by atoms with Gasteiger partial charge in [-0.15, -0.1) is 0 Å². The van der Waals surface area contributed by atoms with Crippen LogP contribution in [-0.4, -0.2) is 12.1 Å². The molecule has 0 radical (unpaired) electrons. The number of fused-ring (bicyclic) bond motifs is 1. The maximum absolute atomic E-state index is 13.1. The summed E-state index contributed by atoms with van der Waals surface area (Å²) >= 11 is 0. The molecule has 3 rings (SSSR count). The zero-order chi connectivity index (χ0) is 14.8. The molecule has 1 N–H and O–H groups in total. The number of halogens is 1. The molecular formula is C16H15FN2O2. The van der Waals surface area contributed by atoms with Crippen LogP contribution in [0.3, 0.4) is 0 Å². The first kappa shape index (κ1) is 13.4. The summed E-state index contributed by atoms with van der Waals surface area (Å²) in [4.78, 5) is 3.78. The Kier molecular flexibility index (Phi) is 3.48. The Balaban J connectivity index is 1.89. The second-order valence-electron chi connectivity index (χ2n) is 4.74. The van der Waals surface area contributed by atoms with Crippen LogP contribution in [-0.2, 0) is 0 Å². The van der Waals surface area contributed by atoms with E-state index in [1.807, 2.05) is 31.2 Å². The monoisotopic (exact) mass is 286 g/mol. The number of nitrogens with zero attached hydrogens (tertiary/aromatic N) is 1. The molecule has 0 saturated carbocycles. The Labute approximate surface area is 121 Å². The zero-order valence-corrected chi connectivity index (χ0v) is 11.8. The molecule has 2 aromatic heterocycles. The van der Waals surface area contributed by atoms with Crippen LogP contribution in [0.1, 0.15) is 18.7 Å². The van der Waals surface area contributed by atoms with E-state index >= 15 is 0 Å². The van der Waals surface area contributed by atoms with Crippen molar-refractivity contribution in [3.63, 3.8) is 0 Å². The van der Waals surface area contributed by atoms with E-state index < -0.39 is 5.95 Å². The first-order chi connectivity index (χ1) is 10.2. The number of furan rings is 1. The molecule has 0 aliphatic rings. The third-order valence-corrected chi connectivity index (χ3v) is 3.25. The van der Waals surface area contributed by atoms with Crippen LogP contribution in [0.15, 0.2) is 46.9 Å². The van der Waals surface area contributed by atoms with Crippen LogP contribution in [0, 0.1) is 5.95 Å². The standard InChI is InChI=1S/C16H15FN2O2/c1-10(18-15-8-4-7-14(17)19-15)13-9-11-5-3-6-12(20-2)16(11)21-13/h3-10H,1-2H3,(H,18,19). The van der Waals surface area contributed by atoms with Crippen LogP contribution in [0.25, 0.3) is 11.0 Å². The van der Waals surface area contributed by atoms with Crippen LogP contribution in [0.5, 0.6) is 5.75 Å². The molecule has 3 aromatic rings. The summed E-state index contributed by atoms with van der Waals surface area (Å²) in [6.07, 6.45) is 0. The van der Waals surface area contributed by atoms with Gasteiger partial charge in [-0.25, -0.2) is 4.98 Å². The van der Waals surface area contributed by atoms with Gasteiger partial charge in [0, 0.05) is 5.39 Å². The summed E-state index contributed by atoms with van der Waals surface area (Å²) in [7, 11) is 1.61. The van der Waals surface area contributed by atoms with E-state index in [4.69, 9.17) is 9.15 Å². The van der Waals surface area contributed by atoms with Gasteiger partial charge in [0.05, 0.1) is 13.2 Å². The van der Waals surface area contributed by atoms with Crippen LogP contribution in [0.2, 0.25) is 0 Å². The first-order valence-electron chi connectivity index (χ1n) is 6.63. The average Bonchev–Trinajstić information content (AvgIpc) is 2.91. The lowest BCUT2D eigenvalue weighted by Gasteiger charge is -2.11. The molecule has 5 heteroatoms. The smallest absolute Gasteiger partial charge is 0.214 e. The molecule has 0 saturated heterocycles. The second kappa shape index (κ2) is 5.44. The highest BCUT2D eigenvalue weighted by Crippen LogP contribution is 2.31. The summed E-state index contributed by atoms with van der Waals surface area (Å²) in [5.74, 6) is 1.38. The molecule has 0 aliphatic heterocycles. The summed E-state index contributed by atoms with van der Waals surface area (Å²) in [5, 5.41) is 4.07. The molecule has 1 atom stereocenters. The molecule has 2 heterocycles. The molecule has 0 bridgehead atoms. The van der Waals surface area contributed by atoms with Crippen molar-refractivity contribution in [2.75, 3.05) is 12.4 Å². The van der Waals surface area contributed by atoms with E-state index in [1.165, 1.54) is 6.07 Å². The van der Waals surface area contributed by atoms with Gasteiger partial charge in [0.15, 0.2) is 11.3 Å². The number of ether oxygens (including phenoxy) is 1. The lowest BCUT2D eigenvalue weighted by Crippen LogP contribution is -2.07. The van der Waals surface area contributed by atoms with Gasteiger partial charge >= 0.3 is 0 Å². The van der Waals surface area contributed by atoms with E-state index in [0.29, 0.717) is 17.2 Å². The molecule has 108 valence electrons. The summed E-state index contributed by atoms with van der Waals surface area (Å²) in [6, 6.07) is 12.1. The molecule has 4 nitrogen and oxygen atoms in total. The van der Waals surface area contributed by atoms with Crippen molar-refractivity contribution >= 4 is 16.8 Å². The topological polar surface area (TPSA) is 47.3 Å². The molecule has 0 spiro atoms. The maximum atomic E-state index is 13.1. The lowest BCUT2D eigenvalue weighted by atomic mass is 10.2. The highest BCUT2D eigenvalue weighted by molar-refractivity contribution is 5.83. The number of benzene rings is 1. The molecule has 0 fully saturated rings. The van der Waals surface area contributed by atoms with Gasteiger partial charge in [-0.05, 0) is 31.2 Å². The van der Waals surface area contributed by atoms with Gasteiger partial charge in [0.25, 0.3) is 0 Å². The van der Waals surface area contributed by atoms with E-state index in [9.17, 15) is 4.39 Å². The van der Waals surface area contributed by atoms with Crippen molar-refractivity contribution in [3.05, 3.63) is 54.2 Å². The summed E-state index contributed by atoms with van der Waals surface area (Å²) in [6.45, 7) is 1.93. The average molecular weight is 286 g/mol. The predicted octanol–water partition coefficient (Wildman–Crippen LogP) is 4.15. The normalized spacial score (nSPS) is 12.3. The van der Waals surface area contributed by atoms with Gasteiger partial charge in [0.2, 0.25) is 5.95 Å². The van der Waals surface area contributed by atoms with Gasteiger partial charge in [-0.2, -0.15) is 4.39 Å². The number of anilines is 1. The van der Waals surface area contributed by atoms with Gasteiger partial charge < -0.3 is 14.5 Å². The molecule has 0 aliphatic carbocycles. The number of rotatable bonds is 4. The Morgan fingerprint density at radius 2 is 2.05 bits per heavy atom. The maximum Gasteiger partial charge on any atom is 0.214 e. The fourth-order valence-corrected chi connectivity index (χ4v) is 2.21. The fourth-order valence-electron chi connectivity index (χ4n) is 2.21. The van der Waals surface area contributed by atoms with E-state index in [1.54, 1.807) is 19.2 Å². The van der Waals surface area contributed by atoms with Crippen molar-refractivity contribution in [2.24, 2.45) is 0 Å². The Bertz CT molecular complexity index is 770. The van der Waals surface area contributed by atoms with Crippen molar-refractivity contribution in [3.8, 4) is 5.75 Å². The van der Waals surface area contributed by atoms with Gasteiger partial charge in [0.1, 0.15) is 11.6 Å². The number of hydrogen-bond acceptors (Lipinski definition) is 4. The third-order valence-electron chi connectivity index (χ3n) is 3.25. The largest absolute Gasteiger partial charge is 0.493 e. The van der Waals surface area contributed by atoms with Crippen molar-refractivity contribution in [1.29, 1.82) is 0 Å². The lowest BCUT2D eigenvalue weighted by molar-refractivity contribution is 0.406. The Hall–Kier alpha value is -2.56. The van der Waals surface area contributed by atoms with Crippen molar-refractivity contribution < 1.29 is 13.5 Å². The Morgan fingerprint density at radius 3 is 2.81 bits per heavy atom. The van der Waals surface area contributed by atoms with Gasteiger partial charge in [-0.3, -0.25) is 0 Å². The minimum Gasteiger partial charge on any atom is -0.493 e. The number of aromatic nitrogens is 1. The molecule has 0 amide bonds. The van der Waals surface area contributed by atoms with Crippen LogP contribution in [0.4, 0.5) is 10.2 Å². The van der Waals surface area contributed by atoms with Crippen LogP contribution >= 0.6 is 0 Å². The number of para-hydroxylation sites is 1. The highest BCUT2D eigenvalue weighted by atomic mass is 19.1. The number of hydrogen-bond donors (Lipinski definition) is 1. The van der Waals surface area contributed by atoms with E-state index in [0.717, 1.165) is 11.1 Å². The summed E-state index contributed by atoms with van der Waals surface area (Å²) < 4.78 is 24.2. The zero-order valence-electron chi connectivity index (χ0n) is 11.8. The SMILES string of the molecule is COc1cccc2cc(C(C)Nc3cccc(F)n3)oc12. The number of pyridine rings is 1. The minimum absolute atomic E-state index is 0.142.